The minimum absolute atomic E-state index is 0.102. The highest BCUT2D eigenvalue weighted by atomic mass is 16.5. The molecule has 1 fully saturated rings. The number of carbonyl (C=O) groups is 1. The Balaban J connectivity index is 2.34. The molecule has 0 radical (unpaired) electrons. The third-order valence-electron chi connectivity index (χ3n) is 4.26. The predicted octanol–water partition coefficient (Wildman–Crippen LogP) is 2.78. The van der Waals surface area contributed by atoms with Crippen LogP contribution in [0.3, 0.4) is 0 Å². The maximum Gasteiger partial charge on any atom is 0.317 e. The van der Waals surface area contributed by atoms with Gasteiger partial charge in [0.15, 0.2) is 0 Å². The van der Waals surface area contributed by atoms with E-state index in [-0.39, 0.29) is 5.97 Å². The summed E-state index contributed by atoms with van der Waals surface area (Å²) in [6, 6.07) is 7.73. The molecule has 3 heteroatoms. The molecule has 1 aliphatic carbocycles. The van der Waals surface area contributed by atoms with Crippen molar-refractivity contribution in [1.29, 1.82) is 0 Å². The summed E-state index contributed by atoms with van der Waals surface area (Å²) in [5.74, 6) is 1.35. The fourth-order valence-electron chi connectivity index (χ4n) is 2.91. The van der Waals surface area contributed by atoms with Gasteiger partial charge in [0.25, 0.3) is 0 Å². The van der Waals surface area contributed by atoms with Crippen LogP contribution in [-0.4, -0.2) is 19.7 Å². The van der Waals surface area contributed by atoms with Crippen LogP contribution >= 0.6 is 0 Å². The molecule has 0 amide bonds. The van der Waals surface area contributed by atoms with Crippen LogP contribution in [0.5, 0.6) is 5.75 Å². The van der Waals surface area contributed by atoms with Crippen LogP contribution in [0.2, 0.25) is 0 Å². The summed E-state index contributed by atoms with van der Waals surface area (Å²) in [5.41, 5.74) is 0.573. The molecule has 0 heterocycles. The van der Waals surface area contributed by atoms with E-state index in [0.29, 0.717) is 18.4 Å². The third-order valence-corrected chi connectivity index (χ3v) is 4.26. The molecule has 0 saturated heterocycles. The van der Waals surface area contributed by atoms with Gasteiger partial charge in [-0.1, -0.05) is 26.0 Å². The predicted molar refractivity (Wildman–Crippen MR) is 69.6 cm³/mol. The van der Waals surface area contributed by atoms with E-state index in [2.05, 4.69) is 13.8 Å². The molecule has 1 aromatic rings. The Morgan fingerprint density at radius 2 is 1.78 bits per heavy atom. The van der Waals surface area contributed by atoms with E-state index in [9.17, 15) is 4.79 Å². The Hall–Kier alpha value is -1.51. The summed E-state index contributed by atoms with van der Waals surface area (Å²) in [6.07, 6.45) is 0. The monoisotopic (exact) mass is 248 g/mol. The molecule has 2 rings (SSSR count). The second-order valence-corrected chi connectivity index (χ2v) is 4.90. The minimum Gasteiger partial charge on any atom is -0.497 e. The van der Waals surface area contributed by atoms with E-state index in [1.165, 1.54) is 0 Å². The summed E-state index contributed by atoms with van der Waals surface area (Å²) < 4.78 is 10.4. The van der Waals surface area contributed by atoms with Crippen molar-refractivity contribution < 1.29 is 14.3 Å². The number of ether oxygens (including phenoxy) is 2. The van der Waals surface area contributed by atoms with Crippen LogP contribution in [0.1, 0.15) is 26.3 Å². The Bertz CT molecular complexity index is 428. The summed E-state index contributed by atoms with van der Waals surface area (Å²) >= 11 is 0. The highest BCUT2D eigenvalue weighted by molar-refractivity contribution is 5.88. The fourth-order valence-corrected chi connectivity index (χ4v) is 2.91. The van der Waals surface area contributed by atoms with Crippen molar-refractivity contribution in [3.63, 3.8) is 0 Å². The molecule has 0 aromatic heterocycles. The molecule has 0 bridgehead atoms. The van der Waals surface area contributed by atoms with Gasteiger partial charge in [-0.2, -0.15) is 0 Å². The lowest BCUT2D eigenvalue weighted by molar-refractivity contribution is -0.147. The molecule has 0 aliphatic heterocycles. The highest BCUT2D eigenvalue weighted by Gasteiger charge is 2.66. The number of methoxy groups -OCH3 is 1. The molecule has 1 aliphatic rings. The zero-order chi connectivity index (χ0) is 13.3. The molecule has 0 N–H and O–H groups in total. The summed E-state index contributed by atoms with van der Waals surface area (Å²) in [6.45, 7) is 6.48. The lowest BCUT2D eigenvalue weighted by Gasteiger charge is -2.17. The average Bonchev–Trinajstić information content (AvgIpc) is 2.93. The first-order valence-electron chi connectivity index (χ1n) is 6.40. The standard InChI is InChI=1S/C15H20O3/c1-5-18-14(16)15(10(2)11(15)3)12-6-8-13(17-4)9-7-12/h6-11H,5H2,1-4H3/t10-,11?,15?/m1/s1. The number of hydrogen-bond acceptors (Lipinski definition) is 3. The maximum absolute atomic E-state index is 12.2. The zero-order valence-corrected chi connectivity index (χ0v) is 11.4. The van der Waals surface area contributed by atoms with E-state index in [4.69, 9.17) is 9.47 Å². The van der Waals surface area contributed by atoms with Crippen molar-refractivity contribution in [2.24, 2.45) is 11.8 Å². The van der Waals surface area contributed by atoms with E-state index >= 15 is 0 Å². The normalized spacial score (nSPS) is 29.8. The van der Waals surface area contributed by atoms with Crippen LogP contribution in [0.25, 0.3) is 0 Å². The summed E-state index contributed by atoms with van der Waals surface area (Å²) in [5, 5.41) is 0. The van der Waals surface area contributed by atoms with Gasteiger partial charge in [0.1, 0.15) is 5.75 Å². The molecule has 18 heavy (non-hydrogen) atoms. The van der Waals surface area contributed by atoms with E-state index < -0.39 is 5.41 Å². The Morgan fingerprint density at radius 1 is 1.22 bits per heavy atom. The number of esters is 1. The second kappa shape index (κ2) is 4.63. The van der Waals surface area contributed by atoms with Crippen LogP contribution in [0.15, 0.2) is 24.3 Å². The van der Waals surface area contributed by atoms with Gasteiger partial charge in [0, 0.05) is 0 Å². The molecular formula is C15H20O3. The van der Waals surface area contributed by atoms with E-state index in [0.717, 1.165) is 11.3 Å². The molecule has 3 nitrogen and oxygen atoms in total. The van der Waals surface area contributed by atoms with Crippen molar-refractivity contribution in [2.45, 2.75) is 26.2 Å². The van der Waals surface area contributed by atoms with Crippen molar-refractivity contribution in [1.82, 2.24) is 0 Å². The quantitative estimate of drug-likeness (QED) is 0.769. The Morgan fingerprint density at radius 3 is 2.17 bits per heavy atom. The molecule has 0 spiro atoms. The highest BCUT2D eigenvalue weighted by Crippen LogP contribution is 2.60. The molecular weight excluding hydrogens is 228 g/mol. The maximum atomic E-state index is 12.2. The minimum atomic E-state index is -0.456. The van der Waals surface area contributed by atoms with Gasteiger partial charge in [-0.3, -0.25) is 4.79 Å². The molecule has 1 saturated carbocycles. The van der Waals surface area contributed by atoms with Crippen molar-refractivity contribution in [2.75, 3.05) is 13.7 Å². The number of rotatable bonds is 4. The van der Waals surface area contributed by atoms with Crippen molar-refractivity contribution >= 4 is 5.97 Å². The van der Waals surface area contributed by atoms with Gasteiger partial charge in [-0.25, -0.2) is 0 Å². The van der Waals surface area contributed by atoms with Gasteiger partial charge in [-0.05, 0) is 36.5 Å². The first-order valence-corrected chi connectivity index (χ1v) is 6.40. The molecule has 3 atom stereocenters. The molecule has 2 unspecified atom stereocenters. The number of benzene rings is 1. The van der Waals surface area contributed by atoms with E-state index in [1.807, 2.05) is 31.2 Å². The van der Waals surface area contributed by atoms with Gasteiger partial charge < -0.3 is 9.47 Å². The number of hydrogen-bond donors (Lipinski definition) is 0. The van der Waals surface area contributed by atoms with Gasteiger partial charge >= 0.3 is 5.97 Å². The average molecular weight is 248 g/mol. The largest absolute Gasteiger partial charge is 0.497 e. The second-order valence-electron chi connectivity index (χ2n) is 4.90. The molecule has 1 aromatic carbocycles. The molecule has 98 valence electrons. The topological polar surface area (TPSA) is 35.5 Å². The number of carbonyl (C=O) groups excluding carboxylic acids is 1. The fraction of sp³-hybridized carbons (Fsp3) is 0.533. The van der Waals surface area contributed by atoms with Gasteiger partial charge in [-0.15, -0.1) is 0 Å². The zero-order valence-electron chi connectivity index (χ0n) is 11.4. The first-order chi connectivity index (χ1) is 8.58. The lowest BCUT2D eigenvalue weighted by Crippen LogP contribution is -2.26. The SMILES string of the molecule is CCOC(=O)C1(c2ccc(OC)cc2)C(C)[C@H]1C. The Labute approximate surface area is 108 Å². The van der Waals surface area contributed by atoms with Gasteiger partial charge in [0.05, 0.1) is 19.1 Å². The summed E-state index contributed by atoms with van der Waals surface area (Å²) in [7, 11) is 1.64. The van der Waals surface area contributed by atoms with Crippen molar-refractivity contribution in [3.05, 3.63) is 29.8 Å². The first kappa shape index (κ1) is 12.9. The van der Waals surface area contributed by atoms with Crippen LogP contribution < -0.4 is 4.74 Å². The van der Waals surface area contributed by atoms with Crippen molar-refractivity contribution in [3.8, 4) is 5.75 Å². The van der Waals surface area contributed by atoms with E-state index in [1.54, 1.807) is 7.11 Å². The van der Waals surface area contributed by atoms with Crippen LogP contribution in [0, 0.1) is 11.8 Å². The Kier molecular flexibility index (Phi) is 3.33. The van der Waals surface area contributed by atoms with Crippen LogP contribution in [0.4, 0.5) is 0 Å². The lowest BCUT2D eigenvalue weighted by atomic mass is 9.92. The summed E-state index contributed by atoms with van der Waals surface area (Å²) in [4.78, 5) is 12.2. The third kappa shape index (κ3) is 1.69. The van der Waals surface area contributed by atoms with Gasteiger partial charge in [0.2, 0.25) is 0 Å². The smallest absolute Gasteiger partial charge is 0.317 e. The van der Waals surface area contributed by atoms with Crippen LogP contribution in [-0.2, 0) is 14.9 Å².